The smallest absolute Gasteiger partial charge is 0.379 e. The summed E-state index contributed by atoms with van der Waals surface area (Å²) in [7, 11) is 0. The van der Waals surface area contributed by atoms with Crippen LogP contribution in [0.25, 0.3) is 0 Å². The molecule has 0 radical (unpaired) electrons. The molecule has 0 aliphatic heterocycles. The number of alkyl halides is 3. The van der Waals surface area contributed by atoms with E-state index in [-0.39, 0.29) is 5.56 Å². The highest BCUT2D eigenvalue weighted by Crippen LogP contribution is 2.33. The molecule has 0 heterocycles. The quantitative estimate of drug-likeness (QED) is 0.828. The number of aliphatic hydroxyl groups is 1. The highest BCUT2D eigenvalue weighted by Gasteiger charge is 2.39. The maximum Gasteiger partial charge on any atom is 0.418 e. The molecule has 0 saturated carbocycles. The van der Waals surface area contributed by atoms with Gasteiger partial charge in [-0.25, -0.2) is 0 Å². The number of halogens is 4. The molecule has 1 nitrogen and oxygen atoms in total. The fourth-order valence-electron chi connectivity index (χ4n) is 1.03. The van der Waals surface area contributed by atoms with Crippen molar-refractivity contribution in [2.75, 3.05) is 0 Å². The van der Waals surface area contributed by atoms with E-state index >= 15 is 0 Å². The zero-order valence-electron chi connectivity index (χ0n) is 7.27. The van der Waals surface area contributed by atoms with E-state index in [1.165, 1.54) is 18.2 Å². The molecule has 78 valence electrons. The molecule has 0 saturated heterocycles. The summed E-state index contributed by atoms with van der Waals surface area (Å²) in [5.74, 6) is 0. The molecule has 0 aromatic heterocycles. The van der Waals surface area contributed by atoms with Crippen LogP contribution in [0.4, 0.5) is 13.2 Å². The maximum atomic E-state index is 12.1. The third-order valence-electron chi connectivity index (χ3n) is 1.81. The van der Waals surface area contributed by atoms with Crippen LogP contribution in [-0.2, 0) is 0 Å². The van der Waals surface area contributed by atoms with Gasteiger partial charge in [-0.2, -0.15) is 13.2 Å². The summed E-state index contributed by atoms with van der Waals surface area (Å²) in [6.45, 7) is 1.66. The van der Waals surface area contributed by atoms with Crippen molar-refractivity contribution in [2.45, 2.75) is 19.2 Å². The highest BCUT2D eigenvalue weighted by atomic mass is 79.9. The van der Waals surface area contributed by atoms with E-state index < -0.39 is 12.3 Å². The monoisotopic (exact) mass is 268 g/mol. The topological polar surface area (TPSA) is 20.2 Å². The third-order valence-corrected chi connectivity index (χ3v) is 2.70. The predicted octanol–water partition coefficient (Wildman–Crippen LogP) is 3.35. The summed E-state index contributed by atoms with van der Waals surface area (Å²) in [4.78, 5) is 0. The fraction of sp³-hybridized carbons (Fsp3) is 0.333. The van der Waals surface area contributed by atoms with Crippen LogP contribution in [0.5, 0.6) is 0 Å². The molecule has 5 heteroatoms. The van der Waals surface area contributed by atoms with Crippen molar-refractivity contribution in [3.63, 3.8) is 0 Å². The van der Waals surface area contributed by atoms with Crippen LogP contribution in [-0.4, -0.2) is 11.3 Å². The first kappa shape index (κ1) is 11.5. The van der Waals surface area contributed by atoms with Crippen LogP contribution in [0, 0.1) is 6.92 Å². The molecule has 0 unspecified atom stereocenters. The Kier molecular flexibility index (Phi) is 3.21. The van der Waals surface area contributed by atoms with Crippen LogP contribution >= 0.6 is 15.9 Å². The Bertz CT molecular complexity index is 335. The minimum atomic E-state index is -4.61. The zero-order chi connectivity index (χ0) is 10.9. The summed E-state index contributed by atoms with van der Waals surface area (Å²) in [6.07, 6.45) is -7.02. The molecule has 1 N–H and O–H groups in total. The second-order valence-corrected chi connectivity index (χ2v) is 3.81. The van der Waals surface area contributed by atoms with Crippen molar-refractivity contribution in [3.8, 4) is 0 Å². The Morgan fingerprint density at radius 3 is 2.36 bits per heavy atom. The average Bonchev–Trinajstić information content (AvgIpc) is 2.07. The van der Waals surface area contributed by atoms with Gasteiger partial charge in [-0.1, -0.05) is 28.1 Å². The van der Waals surface area contributed by atoms with Crippen LogP contribution in [0.3, 0.4) is 0 Å². The first-order valence-corrected chi connectivity index (χ1v) is 4.62. The molecule has 1 rings (SSSR count). The van der Waals surface area contributed by atoms with Crippen LogP contribution in [0.1, 0.15) is 17.2 Å². The molecule has 0 aliphatic carbocycles. The molecule has 0 spiro atoms. The predicted molar refractivity (Wildman–Crippen MR) is 49.9 cm³/mol. The zero-order valence-corrected chi connectivity index (χ0v) is 8.85. The van der Waals surface area contributed by atoms with Crippen molar-refractivity contribution < 1.29 is 18.3 Å². The van der Waals surface area contributed by atoms with Gasteiger partial charge in [0.25, 0.3) is 0 Å². The van der Waals surface area contributed by atoms with Crippen LogP contribution < -0.4 is 0 Å². The Labute approximate surface area is 87.7 Å². The number of aryl methyl sites for hydroxylation is 1. The minimum Gasteiger partial charge on any atom is -0.379 e. The van der Waals surface area contributed by atoms with Crippen molar-refractivity contribution >= 4 is 15.9 Å². The van der Waals surface area contributed by atoms with Crippen molar-refractivity contribution in [1.82, 2.24) is 0 Å². The van der Waals surface area contributed by atoms with Gasteiger partial charge in [0.1, 0.15) is 0 Å². The van der Waals surface area contributed by atoms with E-state index in [2.05, 4.69) is 15.9 Å². The van der Waals surface area contributed by atoms with Gasteiger partial charge < -0.3 is 5.11 Å². The van der Waals surface area contributed by atoms with Gasteiger partial charge in [-0.3, -0.25) is 0 Å². The lowest BCUT2D eigenvalue weighted by molar-refractivity contribution is -0.206. The number of aliphatic hydroxyl groups excluding tert-OH is 1. The maximum absolute atomic E-state index is 12.1. The standard InChI is InChI=1S/C9H8BrF3O/c1-5-4-6(2-3-7(5)10)8(14)9(11,12)13/h2-4,8,14H,1H3/t8-/m1/s1. The van der Waals surface area contributed by atoms with E-state index in [1.807, 2.05) is 0 Å². The van der Waals surface area contributed by atoms with Crippen molar-refractivity contribution in [1.29, 1.82) is 0 Å². The first-order chi connectivity index (χ1) is 6.32. The summed E-state index contributed by atoms with van der Waals surface area (Å²) >= 11 is 3.17. The normalized spacial score (nSPS) is 14.1. The summed E-state index contributed by atoms with van der Waals surface area (Å²) in [5, 5.41) is 8.93. The Hall–Kier alpha value is -0.550. The number of hydrogen-bond acceptors (Lipinski definition) is 1. The molecular weight excluding hydrogens is 261 g/mol. The Morgan fingerprint density at radius 2 is 1.93 bits per heavy atom. The molecule has 0 amide bonds. The second-order valence-electron chi connectivity index (χ2n) is 2.95. The lowest BCUT2D eigenvalue weighted by Gasteiger charge is -2.15. The average molecular weight is 269 g/mol. The van der Waals surface area contributed by atoms with Gasteiger partial charge in [-0.15, -0.1) is 0 Å². The largest absolute Gasteiger partial charge is 0.418 e. The van der Waals surface area contributed by atoms with E-state index in [9.17, 15) is 13.2 Å². The summed E-state index contributed by atoms with van der Waals surface area (Å²) in [6, 6.07) is 4.04. The molecule has 1 aromatic rings. The van der Waals surface area contributed by atoms with Crippen molar-refractivity contribution in [2.24, 2.45) is 0 Å². The van der Waals surface area contributed by atoms with E-state index in [4.69, 9.17) is 5.11 Å². The molecule has 0 bridgehead atoms. The van der Waals surface area contributed by atoms with Gasteiger partial charge in [0, 0.05) is 4.47 Å². The lowest BCUT2D eigenvalue weighted by Crippen LogP contribution is -2.20. The molecule has 0 aliphatic rings. The SMILES string of the molecule is Cc1cc([C@@H](O)C(F)(F)F)ccc1Br. The molecule has 0 fully saturated rings. The minimum absolute atomic E-state index is 0.141. The third kappa shape index (κ3) is 2.48. The van der Waals surface area contributed by atoms with E-state index in [1.54, 1.807) is 6.92 Å². The number of rotatable bonds is 1. The molecule has 1 atom stereocenters. The fourth-order valence-corrected chi connectivity index (χ4v) is 1.27. The highest BCUT2D eigenvalue weighted by molar-refractivity contribution is 9.10. The van der Waals surface area contributed by atoms with Gasteiger partial charge in [-0.05, 0) is 24.1 Å². The van der Waals surface area contributed by atoms with Crippen LogP contribution in [0.2, 0.25) is 0 Å². The number of benzene rings is 1. The van der Waals surface area contributed by atoms with E-state index in [0.717, 1.165) is 4.47 Å². The summed E-state index contributed by atoms with van der Waals surface area (Å²) in [5.41, 5.74) is 0.518. The molecule has 14 heavy (non-hydrogen) atoms. The van der Waals surface area contributed by atoms with Gasteiger partial charge >= 0.3 is 6.18 Å². The van der Waals surface area contributed by atoms with Crippen molar-refractivity contribution in [3.05, 3.63) is 33.8 Å². The van der Waals surface area contributed by atoms with Gasteiger partial charge in [0.05, 0.1) is 0 Å². The first-order valence-electron chi connectivity index (χ1n) is 3.83. The molecule has 1 aromatic carbocycles. The van der Waals surface area contributed by atoms with Gasteiger partial charge in [0.2, 0.25) is 0 Å². The van der Waals surface area contributed by atoms with Crippen LogP contribution in [0.15, 0.2) is 22.7 Å². The summed E-state index contributed by atoms with van der Waals surface area (Å²) < 4.78 is 37.0. The van der Waals surface area contributed by atoms with Gasteiger partial charge in [0.15, 0.2) is 6.10 Å². The second kappa shape index (κ2) is 3.90. The van der Waals surface area contributed by atoms with E-state index in [0.29, 0.717) is 5.56 Å². The number of hydrogen-bond donors (Lipinski definition) is 1. The molecular formula is C9H8BrF3O. The Balaban J connectivity index is 3.03. The lowest BCUT2D eigenvalue weighted by atomic mass is 10.1. The Morgan fingerprint density at radius 1 is 1.36 bits per heavy atom.